The van der Waals surface area contributed by atoms with Crippen LogP contribution in [0.1, 0.15) is 29.8 Å². The Kier molecular flexibility index (Phi) is 6.47. The van der Waals surface area contributed by atoms with Gasteiger partial charge in [0.2, 0.25) is 5.78 Å². The van der Waals surface area contributed by atoms with Crippen LogP contribution in [0.5, 0.6) is 0 Å². The van der Waals surface area contributed by atoms with Crippen LogP contribution in [0.15, 0.2) is 36.4 Å². The summed E-state index contributed by atoms with van der Waals surface area (Å²) in [6.45, 7) is 3.56. The van der Waals surface area contributed by atoms with E-state index >= 15 is 0 Å². The first kappa shape index (κ1) is 18.9. The Morgan fingerprint density at radius 3 is 2.40 bits per heavy atom. The number of hydrogen-bond acceptors (Lipinski definition) is 6. The second-order valence-electron chi connectivity index (χ2n) is 5.62. The molecule has 1 heterocycles. The van der Waals surface area contributed by atoms with Gasteiger partial charge >= 0.3 is 5.97 Å². The Morgan fingerprint density at radius 1 is 1.16 bits per heavy atom. The van der Waals surface area contributed by atoms with E-state index in [0.717, 1.165) is 12.0 Å². The number of halogens is 1. The zero-order valence-corrected chi connectivity index (χ0v) is 15.2. The number of esters is 1. The van der Waals surface area contributed by atoms with Gasteiger partial charge in [-0.15, -0.1) is 10.2 Å². The smallest absolute Gasteiger partial charge is 0.326 e. The Hall–Kier alpha value is -2.47. The normalized spacial score (nSPS) is 11.7. The monoisotopic (exact) mass is 361 g/mol. The van der Waals surface area contributed by atoms with Gasteiger partial charge < -0.3 is 9.64 Å². The van der Waals surface area contributed by atoms with E-state index in [0.29, 0.717) is 11.4 Å². The summed E-state index contributed by atoms with van der Waals surface area (Å²) in [5.41, 5.74) is 1.67. The minimum Gasteiger partial charge on any atom is -0.453 e. The maximum Gasteiger partial charge on any atom is 0.326 e. The fourth-order valence-electron chi connectivity index (χ4n) is 2.21. The van der Waals surface area contributed by atoms with E-state index in [1.165, 1.54) is 0 Å². The summed E-state index contributed by atoms with van der Waals surface area (Å²) in [4.78, 5) is 26.0. The molecule has 7 heteroatoms. The molecule has 0 aliphatic heterocycles. The number of aryl methyl sites for hydroxylation is 1. The summed E-state index contributed by atoms with van der Waals surface area (Å²) in [5, 5.41) is 7.87. The molecular formula is C18H20ClN3O3. The SMILES string of the molecule is CCc1ccc(C(=O)C(C)OC(=O)CN(C)c2ccc(Cl)nn2)cc1. The molecule has 0 bridgehead atoms. The molecule has 0 aliphatic carbocycles. The molecule has 1 aromatic heterocycles. The van der Waals surface area contributed by atoms with Crippen molar-refractivity contribution in [3.63, 3.8) is 0 Å². The number of carbonyl (C=O) groups is 2. The van der Waals surface area contributed by atoms with Crippen LogP contribution < -0.4 is 4.90 Å². The lowest BCUT2D eigenvalue weighted by Crippen LogP contribution is -2.32. The Morgan fingerprint density at radius 2 is 1.84 bits per heavy atom. The van der Waals surface area contributed by atoms with Crippen LogP contribution in [-0.2, 0) is 16.0 Å². The van der Waals surface area contributed by atoms with Crippen molar-refractivity contribution >= 4 is 29.2 Å². The van der Waals surface area contributed by atoms with Crippen LogP contribution in [0.4, 0.5) is 5.82 Å². The quantitative estimate of drug-likeness (QED) is 0.557. The predicted molar refractivity (Wildman–Crippen MR) is 96.0 cm³/mol. The van der Waals surface area contributed by atoms with Gasteiger partial charge in [-0.2, -0.15) is 0 Å². The highest BCUT2D eigenvalue weighted by Crippen LogP contribution is 2.12. The lowest BCUT2D eigenvalue weighted by atomic mass is 10.0. The van der Waals surface area contributed by atoms with Crippen LogP contribution in [0, 0.1) is 0 Å². The molecule has 1 unspecified atom stereocenters. The molecule has 0 fully saturated rings. The number of anilines is 1. The molecule has 6 nitrogen and oxygen atoms in total. The van der Waals surface area contributed by atoms with Crippen molar-refractivity contribution < 1.29 is 14.3 Å². The molecule has 0 N–H and O–H groups in total. The van der Waals surface area contributed by atoms with Gasteiger partial charge in [0, 0.05) is 12.6 Å². The van der Waals surface area contributed by atoms with Crippen molar-refractivity contribution in [2.24, 2.45) is 0 Å². The lowest BCUT2D eigenvalue weighted by molar-refractivity contribution is -0.144. The number of aromatic nitrogens is 2. The highest BCUT2D eigenvalue weighted by molar-refractivity contribution is 6.29. The number of ketones is 1. The van der Waals surface area contributed by atoms with Crippen molar-refractivity contribution in [2.45, 2.75) is 26.4 Å². The summed E-state index contributed by atoms with van der Waals surface area (Å²) >= 11 is 5.68. The number of hydrogen-bond donors (Lipinski definition) is 0. The van der Waals surface area contributed by atoms with E-state index in [-0.39, 0.29) is 17.5 Å². The van der Waals surface area contributed by atoms with Gasteiger partial charge in [0.1, 0.15) is 6.54 Å². The minimum atomic E-state index is -0.857. The van der Waals surface area contributed by atoms with Crippen LogP contribution in [0.2, 0.25) is 5.15 Å². The summed E-state index contributed by atoms with van der Waals surface area (Å²) in [7, 11) is 1.68. The predicted octanol–water partition coefficient (Wildman–Crippen LogP) is 2.94. The van der Waals surface area contributed by atoms with Gasteiger partial charge in [0.05, 0.1) is 0 Å². The Balaban J connectivity index is 1.92. The lowest BCUT2D eigenvalue weighted by Gasteiger charge is -2.18. The van der Waals surface area contributed by atoms with Gasteiger partial charge in [0.15, 0.2) is 17.1 Å². The summed E-state index contributed by atoms with van der Waals surface area (Å²) in [6, 6.07) is 10.5. The molecule has 0 aliphatic rings. The van der Waals surface area contributed by atoms with E-state index in [4.69, 9.17) is 16.3 Å². The van der Waals surface area contributed by atoms with Gasteiger partial charge in [-0.1, -0.05) is 42.8 Å². The molecular weight excluding hydrogens is 342 g/mol. The van der Waals surface area contributed by atoms with Crippen LogP contribution in [-0.4, -0.2) is 41.6 Å². The van der Waals surface area contributed by atoms with Crippen molar-refractivity contribution in [1.29, 1.82) is 0 Å². The summed E-state index contributed by atoms with van der Waals surface area (Å²) in [6.07, 6.45) is 0.0449. The van der Waals surface area contributed by atoms with Crippen molar-refractivity contribution in [3.8, 4) is 0 Å². The van der Waals surface area contributed by atoms with E-state index in [9.17, 15) is 9.59 Å². The number of ether oxygens (including phenoxy) is 1. The molecule has 0 amide bonds. The third-order valence-corrected chi connectivity index (χ3v) is 3.90. The van der Waals surface area contributed by atoms with E-state index in [2.05, 4.69) is 10.2 Å². The van der Waals surface area contributed by atoms with Gasteiger partial charge in [-0.05, 0) is 31.0 Å². The number of benzene rings is 1. The topological polar surface area (TPSA) is 72.4 Å². The first-order valence-corrected chi connectivity index (χ1v) is 8.31. The number of likely N-dealkylation sites (N-methyl/N-ethyl adjacent to an activating group) is 1. The van der Waals surface area contributed by atoms with E-state index in [1.807, 2.05) is 19.1 Å². The molecule has 25 heavy (non-hydrogen) atoms. The number of rotatable bonds is 7. The van der Waals surface area contributed by atoms with Gasteiger partial charge in [0.25, 0.3) is 0 Å². The maximum atomic E-state index is 12.3. The molecule has 0 radical (unpaired) electrons. The summed E-state index contributed by atoms with van der Waals surface area (Å²) < 4.78 is 5.23. The van der Waals surface area contributed by atoms with Gasteiger partial charge in [-0.3, -0.25) is 9.59 Å². The maximum absolute atomic E-state index is 12.3. The molecule has 0 spiro atoms. The highest BCUT2D eigenvalue weighted by atomic mass is 35.5. The number of Topliss-reactive ketones (excluding diaryl/α,β-unsaturated/α-hetero) is 1. The second-order valence-corrected chi connectivity index (χ2v) is 6.00. The van der Waals surface area contributed by atoms with Crippen molar-refractivity contribution in [1.82, 2.24) is 10.2 Å². The molecule has 2 aromatic rings. The minimum absolute atomic E-state index is 0.0529. The third-order valence-electron chi connectivity index (χ3n) is 3.70. The molecule has 0 saturated carbocycles. The average Bonchev–Trinajstić information content (AvgIpc) is 2.61. The third kappa shape index (κ3) is 5.26. The molecule has 1 atom stereocenters. The average molecular weight is 362 g/mol. The summed E-state index contributed by atoms with van der Waals surface area (Å²) in [5.74, 6) is -0.272. The fourth-order valence-corrected chi connectivity index (χ4v) is 2.32. The molecule has 0 saturated heterocycles. The highest BCUT2D eigenvalue weighted by Gasteiger charge is 2.20. The fraction of sp³-hybridized carbons (Fsp3) is 0.333. The second kappa shape index (κ2) is 8.58. The molecule has 1 aromatic carbocycles. The van der Waals surface area contributed by atoms with Crippen LogP contribution in [0.25, 0.3) is 0 Å². The first-order chi connectivity index (χ1) is 11.9. The van der Waals surface area contributed by atoms with Crippen molar-refractivity contribution in [2.75, 3.05) is 18.5 Å². The van der Waals surface area contributed by atoms with Gasteiger partial charge in [-0.25, -0.2) is 0 Å². The Bertz CT molecular complexity index is 732. The largest absolute Gasteiger partial charge is 0.453 e. The van der Waals surface area contributed by atoms with E-state index < -0.39 is 12.1 Å². The van der Waals surface area contributed by atoms with E-state index in [1.54, 1.807) is 43.1 Å². The number of nitrogens with zero attached hydrogens (tertiary/aromatic N) is 3. The molecule has 2 rings (SSSR count). The van der Waals surface area contributed by atoms with Crippen LogP contribution in [0.3, 0.4) is 0 Å². The molecule has 132 valence electrons. The number of carbonyl (C=O) groups excluding carboxylic acids is 2. The van der Waals surface area contributed by atoms with Crippen molar-refractivity contribution in [3.05, 3.63) is 52.7 Å². The Labute approximate surface area is 151 Å². The zero-order chi connectivity index (χ0) is 18.4. The standard InChI is InChI=1S/C18H20ClN3O3/c1-4-13-5-7-14(8-6-13)18(24)12(2)25-17(23)11-22(3)16-10-9-15(19)20-21-16/h5-10,12H,4,11H2,1-3H3. The zero-order valence-electron chi connectivity index (χ0n) is 14.4. The first-order valence-electron chi connectivity index (χ1n) is 7.93. The van der Waals surface area contributed by atoms with Crippen LogP contribution >= 0.6 is 11.6 Å².